The molecule has 120 valence electrons. The van der Waals surface area contributed by atoms with Crippen LogP contribution in [-0.2, 0) is 14.3 Å². The molecular formula is C14H19N3O4S. The molecule has 1 aromatic rings. The fourth-order valence-electron chi connectivity index (χ4n) is 3.08. The molecule has 3 unspecified atom stereocenters. The van der Waals surface area contributed by atoms with Crippen LogP contribution in [0, 0.1) is 0 Å². The zero-order valence-corrected chi connectivity index (χ0v) is 13.0. The van der Waals surface area contributed by atoms with E-state index in [4.69, 9.17) is 9.84 Å². The maximum absolute atomic E-state index is 11.8. The number of unbranched alkanes of at least 4 members (excludes halogenated alkanes) is 1. The zero-order chi connectivity index (χ0) is 15.5. The molecule has 2 fully saturated rings. The van der Waals surface area contributed by atoms with Crippen molar-refractivity contribution in [2.45, 2.75) is 63.1 Å². The molecule has 2 bridgehead atoms. The van der Waals surface area contributed by atoms with Gasteiger partial charge in [0.25, 0.3) is 0 Å². The molecule has 0 aliphatic carbocycles. The van der Waals surface area contributed by atoms with Gasteiger partial charge in [0.15, 0.2) is 0 Å². The van der Waals surface area contributed by atoms with Crippen LogP contribution in [-0.4, -0.2) is 39.4 Å². The van der Waals surface area contributed by atoms with E-state index in [9.17, 15) is 9.59 Å². The first-order chi connectivity index (χ1) is 10.6. The van der Waals surface area contributed by atoms with Crippen molar-refractivity contribution in [3.8, 4) is 0 Å². The van der Waals surface area contributed by atoms with Gasteiger partial charge in [-0.15, -0.1) is 10.2 Å². The molecule has 0 radical (unpaired) electrons. The molecule has 3 heterocycles. The standard InChI is InChI=1S/C14H19N3O4S/c18-11(3-1-2-4-12(19)20)15-14-17-16-13(22-14)9-7-8-5-6-10(9)21-8/h8-10H,1-7H2,(H,19,20)(H,15,17,18). The Morgan fingerprint density at radius 1 is 1.27 bits per heavy atom. The number of carbonyl (C=O) groups excluding carboxylic acids is 1. The van der Waals surface area contributed by atoms with Gasteiger partial charge in [-0.1, -0.05) is 11.3 Å². The summed E-state index contributed by atoms with van der Waals surface area (Å²) in [6.07, 6.45) is 5.32. The molecule has 3 rings (SSSR count). The fraction of sp³-hybridized carbons (Fsp3) is 0.714. The Kier molecular flexibility index (Phi) is 4.68. The summed E-state index contributed by atoms with van der Waals surface area (Å²) in [6, 6.07) is 0. The number of fused-ring (bicyclic) bond motifs is 2. The van der Waals surface area contributed by atoms with Crippen molar-refractivity contribution in [3.63, 3.8) is 0 Å². The fourth-order valence-corrected chi connectivity index (χ4v) is 4.00. The van der Waals surface area contributed by atoms with Crippen LogP contribution in [0.25, 0.3) is 0 Å². The summed E-state index contributed by atoms with van der Waals surface area (Å²) in [5.41, 5.74) is 0. The second-order valence-electron chi connectivity index (χ2n) is 5.81. The molecule has 22 heavy (non-hydrogen) atoms. The largest absolute Gasteiger partial charge is 0.481 e. The molecule has 8 heteroatoms. The molecule has 3 atom stereocenters. The molecule has 7 nitrogen and oxygen atoms in total. The Morgan fingerprint density at radius 3 is 2.77 bits per heavy atom. The van der Waals surface area contributed by atoms with E-state index in [0.717, 1.165) is 24.3 Å². The zero-order valence-electron chi connectivity index (χ0n) is 12.2. The van der Waals surface area contributed by atoms with Crippen molar-refractivity contribution < 1.29 is 19.4 Å². The number of aromatic nitrogens is 2. The number of anilines is 1. The van der Waals surface area contributed by atoms with Gasteiger partial charge in [0.1, 0.15) is 5.01 Å². The number of nitrogens with one attached hydrogen (secondary N) is 1. The van der Waals surface area contributed by atoms with Gasteiger partial charge in [0.05, 0.1) is 12.2 Å². The first kappa shape index (κ1) is 15.4. The Labute approximate surface area is 132 Å². The first-order valence-corrected chi connectivity index (χ1v) is 8.44. The lowest BCUT2D eigenvalue weighted by Gasteiger charge is -2.14. The minimum atomic E-state index is -0.831. The normalized spacial score (nSPS) is 26.3. The van der Waals surface area contributed by atoms with Crippen molar-refractivity contribution in [2.75, 3.05) is 5.32 Å². The maximum Gasteiger partial charge on any atom is 0.303 e. The molecule has 2 N–H and O–H groups in total. The number of rotatable bonds is 7. The molecule has 0 spiro atoms. The summed E-state index contributed by atoms with van der Waals surface area (Å²) in [5.74, 6) is -0.656. The molecule has 0 aromatic carbocycles. The van der Waals surface area contributed by atoms with E-state index >= 15 is 0 Å². The number of ether oxygens (including phenoxy) is 1. The van der Waals surface area contributed by atoms with Crippen LogP contribution >= 0.6 is 11.3 Å². The van der Waals surface area contributed by atoms with Gasteiger partial charge in [-0.2, -0.15) is 0 Å². The van der Waals surface area contributed by atoms with Crippen molar-refractivity contribution in [1.82, 2.24) is 10.2 Å². The SMILES string of the molecule is O=C(O)CCCCC(=O)Nc1nnc(C2CC3CCC2O3)s1. The summed E-state index contributed by atoms with van der Waals surface area (Å²) >= 11 is 1.41. The Balaban J connectivity index is 1.45. The van der Waals surface area contributed by atoms with E-state index < -0.39 is 5.97 Å². The lowest BCUT2D eigenvalue weighted by Crippen LogP contribution is -2.13. The van der Waals surface area contributed by atoms with Crippen LogP contribution in [0.1, 0.15) is 55.9 Å². The quantitative estimate of drug-likeness (QED) is 0.745. The van der Waals surface area contributed by atoms with E-state index in [0.29, 0.717) is 36.4 Å². The molecule has 1 aromatic heterocycles. The van der Waals surface area contributed by atoms with Gasteiger partial charge in [-0.25, -0.2) is 0 Å². The highest BCUT2D eigenvalue weighted by Gasteiger charge is 2.43. The summed E-state index contributed by atoms with van der Waals surface area (Å²) in [5, 5.41) is 20.9. The lowest BCUT2D eigenvalue weighted by atomic mass is 9.90. The molecule has 1 amide bonds. The average Bonchev–Trinajstić information content (AvgIpc) is 3.19. The number of aliphatic carboxylic acids is 1. The van der Waals surface area contributed by atoms with Crippen LogP contribution in [0.4, 0.5) is 5.13 Å². The predicted octanol–water partition coefficient (Wildman–Crippen LogP) is 2.16. The third-order valence-electron chi connectivity index (χ3n) is 4.15. The first-order valence-electron chi connectivity index (χ1n) is 7.62. The van der Waals surface area contributed by atoms with Crippen LogP contribution in [0.2, 0.25) is 0 Å². The molecule has 0 saturated carbocycles. The van der Waals surface area contributed by atoms with E-state index in [1.807, 2.05) is 0 Å². The minimum Gasteiger partial charge on any atom is -0.481 e. The maximum atomic E-state index is 11.8. The van der Waals surface area contributed by atoms with Crippen molar-refractivity contribution in [1.29, 1.82) is 0 Å². The number of hydrogen-bond acceptors (Lipinski definition) is 6. The number of nitrogens with zero attached hydrogens (tertiary/aromatic N) is 2. The van der Waals surface area contributed by atoms with E-state index in [1.54, 1.807) is 0 Å². The number of carbonyl (C=O) groups is 2. The van der Waals surface area contributed by atoms with E-state index in [1.165, 1.54) is 11.3 Å². The summed E-state index contributed by atoms with van der Waals surface area (Å²) in [6.45, 7) is 0. The van der Waals surface area contributed by atoms with Crippen LogP contribution in [0.5, 0.6) is 0 Å². The monoisotopic (exact) mass is 325 g/mol. The Morgan fingerprint density at radius 2 is 2.09 bits per heavy atom. The van der Waals surface area contributed by atoms with E-state index in [-0.39, 0.29) is 18.4 Å². The van der Waals surface area contributed by atoms with Crippen LogP contribution < -0.4 is 5.32 Å². The van der Waals surface area contributed by atoms with Gasteiger partial charge in [0, 0.05) is 18.8 Å². The van der Waals surface area contributed by atoms with Crippen LogP contribution in [0.3, 0.4) is 0 Å². The van der Waals surface area contributed by atoms with Crippen molar-refractivity contribution >= 4 is 28.3 Å². The van der Waals surface area contributed by atoms with E-state index in [2.05, 4.69) is 15.5 Å². The lowest BCUT2D eigenvalue weighted by molar-refractivity contribution is -0.137. The number of carboxylic acids is 1. The van der Waals surface area contributed by atoms with Gasteiger partial charge in [0.2, 0.25) is 11.0 Å². The number of hydrogen-bond donors (Lipinski definition) is 2. The highest BCUT2D eigenvalue weighted by Crippen LogP contribution is 2.45. The topological polar surface area (TPSA) is 101 Å². The molecular weight excluding hydrogens is 306 g/mol. The van der Waals surface area contributed by atoms with Gasteiger partial charge in [-0.3, -0.25) is 9.59 Å². The molecule has 2 saturated heterocycles. The molecule has 2 aliphatic rings. The Bertz CT molecular complexity index is 562. The second-order valence-corrected chi connectivity index (χ2v) is 6.82. The summed E-state index contributed by atoms with van der Waals surface area (Å²) in [7, 11) is 0. The van der Waals surface area contributed by atoms with Crippen molar-refractivity contribution in [3.05, 3.63) is 5.01 Å². The summed E-state index contributed by atoms with van der Waals surface area (Å²) < 4.78 is 5.82. The highest BCUT2D eigenvalue weighted by molar-refractivity contribution is 7.15. The van der Waals surface area contributed by atoms with Crippen molar-refractivity contribution in [2.24, 2.45) is 0 Å². The van der Waals surface area contributed by atoms with Gasteiger partial charge >= 0.3 is 5.97 Å². The minimum absolute atomic E-state index is 0.0977. The highest BCUT2D eigenvalue weighted by atomic mass is 32.1. The smallest absolute Gasteiger partial charge is 0.303 e. The predicted molar refractivity (Wildman–Crippen MR) is 79.9 cm³/mol. The van der Waals surface area contributed by atoms with Gasteiger partial charge < -0.3 is 15.2 Å². The Hall–Kier alpha value is -1.54. The second kappa shape index (κ2) is 6.70. The van der Waals surface area contributed by atoms with Crippen LogP contribution in [0.15, 0.2) is 0 Å². The summed E-state index contributed by atoms with van der Waals surface area (Å²) in [4.78, 5) is 22.2. The number of amides is 1. The third-order valence-corrected chi connectivity index (χ3v) is 5.13. The third kappa shape index (κ3) is 3.61. The number of carboxylic acid groups (broad SMARTS) is 1. The van der Waals surface area contributed by atoms with Gasteiger partial charge in [-0.05, 0) is 32.1 Å². The average molecular weight is 325 g/mol. The molecule has 2 aliphatic heterocycles.